The first-order valence-electron chi connectivity index (χ1n) is 15.0. The number of esters is 1. The van der Waals surface area contributed by atoms with Gasteiger partial charge in [0.05, 0.1) is 48.4 Å². The van der Waals surface area contributed by atoms with Gasteiger partial charge in [0.25, 0.3) is 5.56 Å². The average molecular weight is 635 g/mol. The molecular formula is C36H34N4O5S. The number of rotatable bonds is 9. The number of para-hydroxylation sites is 1. The topological polar surface area (TPSA) is 96.9 Å². The fourth-order valence-corrected chi connectivity index (χ4v) is 6.57. The Morgan fingerprint density at radius 2 is 1.78 bits per heavy atom. The summed E-state index contributed by atoms with van der Waals surface area (Å²) in [5.74, 6) is 0.961. The van der Waals surface area contributed by atoms with Gasteiger partial charge >= 0.3 is 5.97 Å². The summed E-state index contributed by atoms with van der Waals surface area (Å²) in [6.45, 7) is 6.50. The third kappa shape index (κ3) is 5.79. The molecule has 1 atom stereocenters. The van der Waals surface area contributed by atoms with Crippen LogP contribution >= 0.6 is 11.3 Å². The number of nitrogens with zero attached hydrogens (tertiary/aromatic N) is 4. The van der Waals surface area contributed by atoms with Gasteiger partial charge in [0.15, 0.2) is 4.80 Å². The highest BCUT2D eigenvalue weighted by Crippen LogP contribution is 2.32. The maximum absolute atomic E-state index is 14.3. The highest BCUT2D eigenvalue weighted by atomic mass is 32.1. The molecule has 0 saturated carbocycles. The number of allylic oxidation sites excluding steroid dienone is 1. The molecule has 0 spiro atoms. The summed E-state index contributed by atoms with van der Waals surface area (Å²) in [5, 5.41) is 4.96. The van der Waals surface area contributed by atoms with Crippen LogP contribution in [0.3, 0.4) is 0 Å². The molecule has 0 amide bonds. The van der Waals surface area contributed by atoms with Gasteiger partial charge < -0.3 is 14.2 Å². The SMILES string of the molecule is CCCOc1ccc(-c2nn(-c3ccccc3)cc2/C=c2\sc3n(c2=O)C(c2ccc(OC)cc2)C(C(=O)OC)=C(C)N=3)cc1C. The van der Waals surface area contributed by atoms with E-state index in [0.717, 1.165) is 45.8 Å². The van der Waals surface area contributed by atoms with E-state index in [1.807, 2.05) is 78.5 Å². The van der Waals surface area contributed by atoms with E-state index in [1.165, 1.54) is 18.4 Å². The Hall–Kier alpha value is -5.22. The van der Waals surface area contributed by atoms with Crippen molar-refractivity contribution in [2.24, 2.45) is 4.99 Å². The standard InChI is InChI=1S/C36H34N4O5S/c1-6-18-45-29-17-14-25(19-22(29)2)32-26(21-39(38-32)27-10-8-7-9-11-27)20-30-34(41)40-33(24-12-15-28(43-4)16-13-24)31(35(42)44-5)23(3)37-36(40)46-30/h7-17,19-21,33H,6,18H2,1-5H3/b30-20-. The molecule has 0 radical (unpaired) electrons. The van der Waals surface area contributed by atoms with E-state index >= 15 is 0 Å². The van der Waals surface area contributed by atoms with E-state index in [9.17, 15) is 9.59 Å². The van der Waals surface area contributed by atoms with E-state index in [0.29, 0.717) is 33.0 Å². The molecule has 10 heteroatoms. The zero-order valence-electron chi connectivity index (χ0n) is 26.3. The lowest BCUT2D eigenvalue weighted by atomic mass is 9.96. The van der Waals surface area contributed by atoms with Crippen LogP contribution in [0.15, 0.2) is 100 Å². The van der Waals surface area contributed by atoms with Crippen molar-refractivity contribution in [1.29, 1.82) is 0 Å². The van der Waals surface area contributed by atoms with E-state index < -0.39 is 12.0 Å². The minimum absolute atomic E-state index is 0.267. The van der Waals surface area contributed by atoms with Crippen LogP contribution < -0.4 is 24.4 Å². The number of hydrogen-bond donors (Lipinski definition) is 0. The number of methoxy groups -OCH3 is 2. The van der Waals surface area contributed by atoms with E-state index in [1.54, 1.807) is 30.7 Å². The zero-order chi connectivity index (χ0) is 32.4. The zero-order valence-corrected chi connectivity index (χ0v) is 27.1. The summed E-state index contributed by atoms with van der Waals surface area (Å²) >= 11 is 1.27. The first-order chi connectivity index (χ1) is 22.3. The van der Waals surface area contributed by atoms with Crippen molar-refractivity contribution in [2.45, 2.75) is 33.2 Å². The van der Waals surface area contributed by atoms with Crippen molar-refractivity contribution < 1.29 is 19.0 Å². The summed E-state index contributed by atoms with van der Waals surface area (Å²) in [4.78, 5) is 32.5. The van der Waals surface area contributed by atoms with Crippen molar-refractivity contribution in [3.8, 4) is 28.4 Å². The van der Waals surface area contributed by atoms with Gasteiger partial charge in [0.1, 0.15) is 17.2 Å². The number of carbonyl (C=O) groups excluding carboxylic acids is 1. The number of hydrogen-bond acceptors (Lipinski definition) is 8. The molecule has 0 saturated heterocycles. The monoisotopic (exact) mass is 634 g/mol. The normalized spacial score (nSPS) is 14.5. The van der Waals surface area contributed by atoms with Crippen LogP contribution in [-0.2, 0) is 9.53 Å². The third-order valence-corrected chi connectivity index (χ3v) is 8.80. The second-order valence-corrected chi connectivity index (χ2v) is 11.9. The van der Waals surface area contributed by atoms with Gasteiger partial charge in [-0.25, -0.2) is 14.5 Å². The summed E-state index contributed by atoms with van der Waals surface area (Å²) < 4.78 is 20.2. The molecule has 2 aromatic heterocycles. The lowest BCUT2D eigenvalue weighted by molar-refractivity contribution is -0.136. The molecule has 46 heavy (non-hydrogen) atoms. The van der Waals surface area contributed by atoms with Gasteiger partial charge in [-0.05, 0) is 79.9 Å². The number of aromatic nitrogens is 3. The number of fused-ring (bicyclic) bond motifs is 1. The van der Waals surface area contributed by atoms with Crippen LogP contribution in [0.5, 0.6) is 11.5 Å². The van der Waals surface area contributed by atoms with Crippen molar-refractivity contribution in [3.05, 3.63) is 127 Å². The highest BCUT2D eigenvalue weighted by molar-refractivity contribution is 7.07. The summed E-state index contributed by atoms with van der Waals surface area (Å²) in [6, 6.07) is 22.4. The average Bonchev–Trinajstić information content (AvgIpc) is 3.64. The smallest absolute Gasteiger partial charge is 0.338 e. The predicted molar refractivity (Wildman–Crippen MR) is 178 cm³/mol. The van der Waals surface area contributed by atoms with Crippen molar-refractivity contribution in [2.75, 3.05) is 20.8 Å². The summed E-state index contributed by atoms with van der Waals surface area (Å²) in [7, 11) is 2.92. The minimum atomic E-state index is -0.721. The van der Waals surface area contributed by atoms with Crippen LogP contribution in [0, 0.1) is 6.92 Å². The molecule has 0 fully saturated rings. The molecule has 6 rings (SSSR count). The molecule has 3 heterocycles. The van der Waals surface area contributed by atoms with E-state index in [4.69, 9.17) is 19.3 Å². The second kappa shape index (κ2) is 13.0. The van der Waals surface area contributed by atoms with Crippen molar-refractivity contribution in [1.82, 2.24) is 14.3 Å². The van der Waals surface area contributed by atoms with Gasteiger partial charge in [0, 0.05) is 17.3 Å². The molecule has 0 N–H and O–H groups in total. The Balaban J connectivity index is 1.53. The fourth-order valence-electron chi connectivity index (χ4n) is 5.54. The van der Waals surface area contributed by atoms with E-state index in [2.05, 4.69) is 18.0 Å². The summed E-state index contributed by atoms with van der Waals surface area (Å²) in [5.41, 5.74) is 5.55. The Labute approximate surface area is 270 Å². The molecule has 0 bridgehead atoms. The number of benzene rings is 3. The Morgan fingerprint density at radius 1 is 1.02 bits per heavy atom. The van der Waals surface area contributed by atoms with Crippen LogP contribution in [0.2, 0.25) is 0 Å². The maximum Gasteiger partial charge on any atom is 0.338 e. The molecule has 1 aliphatic rings. The van der Waals surface area contributed by atoms with Gasteiger partial charge in [0.2, 0.25) is 0 Å². The van der Waals surface area contributed by atoms with Crippen LogP contribution in [0.25, 0.3) is 23.0 Å². The number of carbonyl (C=O) groups is 1. The quantitative estimate of drug-likeness (QED) is 0.203. The summed E-state index contributed by atoms with van der Waals surface area (Å²) in [6.07, 6.45) is 4.69. The molecular weight excluding hydrogens is 600 g/mol. The number of thiazole rings is 1. The first-order valence-corrected chi connectivity index (χ1v) is 15.8. The lowest BCUT2D eigenvalue weighted by Gasteiger charge is -2.24. The third-order valence-electron chi connectivity index (χ3n) is 7.82. The second-order valence-electron chi connectivity index (χ2n) is 10.9. The van der Waals surface area contributed by atoms with Crippen LogP contribution in [0.1, 0.15) is 43.0 Å². The minimum Gasteiger partial charge on any atom is -0.497 e. The van der Waals surface area contributed by atoms with Gasteiger partial charge in [-0.1, -0.05) is 48.6 Å². The van der Waals surface area contributed by atoms with Crippen LogP contribution in [-0.4, -0.2) is 41.1 Å². The molecule has 5 aromatic rings. The van der Waals surface area contributed by atoms with Crippen molar-refractivity contribution in [3.63, 3.8) is 0 Å². The Morgan fingerprint density at radius 3 is 2.46 bits per heavy atom. The largest absolute Gasteiger partial charge is 0.497 e. The molecule has 9 nitrogen and oxygen atoms in total. The Bertz CT molecular complexity index is 2130. The molecule has 0 aliphatic carbocycles. The molecule has 1 aliphatic heterocycles. The molecule has 234 valence electrons. The first kappa shape index (κ1) is 30.8. The highest BCUT2D eigenvalue weighted by Gasteiger charge is 2.33. The Kier molecular flexibility index (Phi) is 8.72. The fraction of sp³-hybridized carbons (Fsp3) is 0.222. The van der Waals surface area contributed by atoms with Gasteiger partial charge in [-0.2, -0.15) is 5.10 Å². The van der Waals surface area contributed by atoms with Crippen molar-refractivity contribution >= 4 is 23.4 Å². The van der Waals surface area contributed by atoms with Gasteiger partial charge in [-0.3, -0.25) is 9.36 Å². The molecule has 1 unspecified atom stereocenters. The maximum atomic E-state index is 14.3. The lowest BCUT2D eigenvalue weighted by Crippen LogP contribution is -2.39. The van der Waals surface area contributed by atoms with Crippen LogP contribution in [0.4, 0.5) is 0 Å². The molecule has 3 aromatic carbocycles. The van der Waals surface area contributed by atoms with Gasteiger partial charge in [-0.15, -0.1) is 0 Å². The predicted octanol–water partition coefficient (Wildman–Crippen LogP) is 5.37. The van der Waals surface area contributed by atoms with E-state index in [-0.39, 0.29) is 5.56 Å². The number of ether oxygens (including phenoxy) is 3. The number of aryl methyl sites for hydroxylation is 1.